The number of rotatable bonds is 4. The molecule has 2 amide bonds. The summed E-state index contributed by atoms with van der Waals surface area (Å²) >= 11 is 0. The van der Waals surface area contributed by atoms with E-state index in [-0.39, 0.29) is 16.8 Å². The molecule has 108 valence electrons. The van der Waals surface area contributed by atoms with Gasteiger partial charge in [-0.2, -0.15) is 0 Å². The number of aromatic carboxylic acids is 1. The molecule has 1 unspecified atom stereocenters. The molecule has 1 aromatic carbocycles. The fraction of sp³-hybridized carbons (Fsp3) is 0.143. The van der Waals surface area contributed by atoms with Crippen LogP contribution in [0.25, 0.3) is 0 Å². The minimum Gasteiger partial charge on any atom is -0.481 e. The van der Waals surface area contributed by atoms with Crippen LogP contribution in [0.5, 0.6) is 0 Å². The molecular formula is C14H11NO6. The van der Waals surface area contributed by atoms with E-state index in [1.165, 1.54) is 25.1 Å². The van der Waals surface area contributed by atoms with E-state index in [0.29, 0.717) is 0 Å². The Kier molecular flexibility index (Phi) is 3.58. The predicted octanol–water partition coefficient (Wildman–Crippen LogP) is 1.00. The Balaban J connectivity index is 2.54. The number of hydrogen-bond acceptors (Lipinski definition) is 4. The Bertz CT molecular complexity index is 673. The number of carboxylic acid groups (broad SMARTS) is 2. The van der Waals surface area contributed by atoms with Crippen LogP contribution < -0.4 is 4.90 Å². The number of carbonyl (C=O) groups is 4. The molecule has 1 atom stereocenters. The lowest BCUT2D eigenvalue weighted by Crippen LogP contribution is -2.30. The molecular weight excluding hydrogens is 278 g/mol. The molecule has 0 radical (unpaired) electrons. The number of carbonyl (C=O) groups excluding carboxylic acids is 2. The normalized spacial score (nSPS) is 15.4. The first-order chi connectivity index (χ1) is 9.82. The highest BCUT2D eigenvalue weighted by atomic mass is 16.4. The summed E-state index contributed by atoms with van der Waals surface area (Å²) in [5.41, 5.74) is -0.0104. The largest absolute Gasteiger partial charge is 0.481 e. The standard InChI is InChI=1S/C14H11NO6/c1-7(13(18)19)10-6-8(2-3-9(10)14(20)21)15-11(16)4-5-12(15)17/h2-7H,1H3,(H,18,19)(H,20,21). The molecule has 1 heterocycles. The average Bonchev–Trinajstić information content (AvgIpc) is 2.76. The van der Waals surface area contributed by atoms with Gasteiger partial charge in [-0.05, 0) is 30.7 Å². The topological polar surface area (TPSA) is 112 Å². The summed E-state index contributed by atoms with van der Waals surface area (Å²) in [5, 5.41) is 18.2. The van der Waals surface area contributed by atoms with Crippen LogP contribution in [0, 0.1) is 0 Å². The van der Waals surface area contributed by atoms with Crippen LogP contribution in [0.15, 0.2) is 30.4 Å². The van der Waals surface area contributed by atoms with Crippen LogP contribution in [-0.2, 0) is 14.4 Å². The van der Waals surface area contributed by atoms with Gasteiger partial charge in [-0.15, -0.1) is 0 Å². The van der Waals surface area contributed by atoms with Crippen molar-refractivity contribution in [3.63, 3.8) is 0 Å². The van der Waals surface area contributed by atoms with Gasteiger partial charge in [-0.25, -0.2) is 9.69 Å². The Morgan fingerprint density at radius 1 is 1.10 bits per heavy atom. The maximum absolute atomic E-state index is 11.6. The van der Waals surface area contributed by atoms with Crippen molar-refractivity contribution in [2.75, 3.05) is 4.90 Å². The SMILES string of the molecule is CC(C(=O)O)c1cc(N2C(=O)C=CC2=O)ccc1C(=O)O. The van der Waals surface area contributed by atoms with Crippen LogP contribution in [-0.4, -0.2) is 34.0 Å². The van der Waals surface area contributed by atoms with Gasteiger partial charge in [0.2, 0.25) is 0 Å². The molecule has 0 aliphatic carbocycles. The second-order valence-electron chi connectivity index (χ2n) is 4.48. The van der Waals surface area contributed by atoms with E-state index in [4.69, 9.17) is 10.2 Å². The van der Waals surface area contributed by atoms with E-state index in [9.17, 15) is 19.2 Å². The summed E-state index contributed by atoms with van der Waals surface area (Å²) in [6, 6.07) is 3.72. The lowest BCUT2D eigenvalue weighted by Gasteiger charge is -2.17. The van der Waals surface area contributed by atoms with Crippen molar-refractivity contribution >= 4 is 29.4 Å². The molecule has 1 aromatic rings. The summed E-state index contributed by atoms with van der Waals surface area (Å²) in [4.78, 5) is 46.3. The molecule has 21 heavy (non-hydrogen) atoms. The van der Waals surface area contributed by atoms with E-state index in [0.717, 1.165) is 17.1 Å². The first-order valence-electron chi connectivity index (χ1n) is 5.99. The first-order valence-corrected chi connectivity index (χ1v) is 5.99. The Morgan fingerprint density at radius 3 is 2.14 bits per heavy atom. The number of anilines is 1. The molecule has 0 aromatic heterocycles. The molecule has 7 nitrogen and oxygen atoms in total. The van der Waals surface area contributed by atoms with Gasteiger partial charge in [-0.3, -0.25) is 14.4 Å². The maximum atomic E-state index is 11.6. The highest BCUT2D eigenvalue weighted by Gasteiger charge is 2.28. The number of imide groups is 1. The third kappa shape index (κ3) is 2.53. The van der Waals surface area contributed by atoms with Gasteiger partial charge in [0.05, 0.1) is 17.2 Å². The van der Waals surface area contributed by atoms with Crippen LogP contribution in [0.2, 0.25) is 0 Å². The zero-order valence-corrected chi connectivity index (χ0v) is 10.9. The zero-order valence-electron chi connectivity index (χ0n) is 10.9. The fourth-order valence-corrected chi connectivity index (χ4v) is 2.03. The van der Waals surface area contributed by atoms with Gasteiger partial charge in [0.1, 0.15) is 0 Å². The summed E-state index contributed by atoms with van der Waals surface area (Å²) in [6.07, 6.45) is 2.18. The van der Waals surface area contributed by atoms with E-state index < -0.39 is 29.7 Å². The second-order valence-corrected chi connectivity index (χ2v) is 4.48. The summed E-state index contributed by atoms with van der Waals surface area (Å²) in [7, 11) is 0. The van der Waals surface area contributed by atoms with E-state index in [1.54, 1.807) is 0 Å². The van der Waals surface area contributed by atoms with Gasteiger partial charge in [-0.1, -0.05) is 0 Å². The molecule has 0 saturated heterocycles. The van der Waals surface area contributed by atoms with Crippen LogP contribution >= 0.6 is 0 Å². The van der Waals surface area contributed by atoms with Gasteiger partial charge < -0.3 is 10.2 Å². The summed E-state index contributed by atoms with van der Waals surface area (Å²) < 4.78 is 0. The van der Waals surface area contributed by atoms with Crippen molar-refractivity contribution in [2.24, 2.45) is 0 Å². The van der Waals surface area contributed by atoms with Crippen LogP contribution in [0.4, 0.5) is 5.69 Å². The predicted molar refractivity (Wildman–Crippen MR) is 71.1 cm³/mol. The van der Waals surface area contributed by atoms with Gasteiger partial charge in [0.15, 0.2) is 0 Å². The number of nitrogens with zero attached hydrogens (tertiary/aromatic N) is 1. The van der Waals surface area contributed by atoms with Gasteiger partial charge in [0.25, 0.3) is 11.8 Å². The fourth-order valence-electron chi connectivity index (χ4n) is 2.03. The van der Waals surface area contributed by atoms with Crippen molar-refractivity contribution in [1.29, 1.82) is 0 Å². The highest BCUT2D eigenvalue weighted by molar-refractivity contribution is 6.28. The molecule has 0 fully saturated rings. The minimum atomic E-state index is -1.28. The smallest absolute Gasteiger partial charge is 0.335 e. The van der Waals surface area contributed by atoms with E-state index in [1.807, 2.05) is 0 Å². The van der Waals surface area contributed by atoms with Crippen molar-refractivity contribution in [2.45, 2.75) is 12.8 Å². The lowest BCUT2D eigenvalue weighted by atomic mass is 9.95. The lowest BCUT2D eigenvalue weighted by molar-refractivity contribution is -0.138. The van der Waals surface area contributed by atoms with E-state index in [2.05, 4.69) is 0 Å². The van der Waals surface area contributed by atoms with Gasteiger partial charge >= 0.3 is 11.9 Å². The molecule has 0 spiro atoms. The van der Waals surface area contributed by atoms with Gasteiger partial charge in [0, 0.05) is 12.2 Å². The quantitative estimate of drug-likeness (QED) is 0.800. The molecule has 0 bridgehead atoms. The summed E-state index contributed by atoms with van der Waals surface area (Å²) in [5.74, 6) is -4.68. The zero-order chi connectivity index (χ0) is 15.7. The molecule has 2 rings (SSSR count). The first kappa shape index (κ1) is 14.4. The van der Waals surface area contributed by atoms with Crippen molar-refractivity contribution in [3.05, 3.63) is 41.5 Å². The van der Waals surface area contributed by atoms with E-state index >= 15 is 0 Å². The maximum Gasteiger partial charge on any atom is 0.335 e. The molecule has 2 N–H and O–H groups in total. The number of hydrogen-bond donors (Lipinski definition) is 2. The van der Waals surface area contributed by atoms with Crippen molar-refractivity contribution in [3.8, 4) is 0 Å². The average molecular weight is 289 g/mol. The van der Waals surface area contributed by atoms with Crippen molar-refractivity contribution < 1.29 is 29.4 Å². The second kappa shape index (κ2) is 5.20. The number of benzene rings is 1. The third-order valence-corrected chi connectivity index (χ3v) is 3.17. The molecule has 1 aliphatic rings. The third-order valence-electron chi connectivity index (χ3n) is 3.17. The Labute approximate surface area is 119 Å². The number of aliphatic carboxylic acids is 1. The van der Waals surface area contributed by atoms with Crippen LogP contribution in [0.1, 0.15) is 28.8 Å². The molecule has 0 saturated carbocycles. The summed E-state index contributed by atoms with van der Waals surface area (Å²) in [6.45, 7) is 1.33. The minimum absolute atomic E-state index is 0.0278. The molecule has 1 aliphatic heterocycles. The van der Waals surface area contributed by atoms with Crippen molar-refractivity contribution in [1.82, 2.24) is 0 Å². The molecule has 7 heteroatoms. The highest BCUT2D eigenvalue weighted by Crippen LogP contribution is 2.28. The Hall–Kier alpha value is -2.96. The number of amides is 2. The van der Waals surface area contributed by atoms with Crippen LogP contribution in [0.3, 0.4) is 0 Å². The Morgan fingerprint density at radius 2 is 1.67 bits per heavy atom. The monoisotopic (exact) mass is 289 g/mol. The number of carboxylic acids is 2.